The van der Waals surface area contributed by atoms with Gasteiger partial charge in [0.15, 0.2) is 5.82 Å². The summed E-state index contributed by atoms with van der Waals surface area (Å²) in [4.78, 5) is 17.3. The smallest absolute Gasteiger partial charge is 0.224 e. The number of aryl methyl sites for hydroxylation is 1. The van der Waals surface area contributed by atoms with Crippen LogP contribution in [0.15, 0.2) is 28.8 Å². The van der Waals surface area contributed by atoms with E-state index in [-0.39, 0.29) is 17.2 Å². The van der Waals surface area contributed by atoms with Gasteiger partial charge in [-0.3, -0.25) is 4.79 Å². The van der Waals surface area contributed by atoms with Crippen molar-refractivity contribution in [3.63, 3.8) is 0 Å². The van der Waals surface area contributed by atoms with Crippen molar-refractivity contribution in [1.29, 1.82) is 0 Å². The Morgan fingerprint density at radius 3 is 2.85 bits per heavy atom. The molecule has 1 spiro atoms. The topological polar surface area (TPSA) is 89.3 Å². The van der Waals surface area contributed by atoms with Crippen LogP contribution in [-0.2, 0) is 4.79 Å². The second kappa shape index (κ2) is 6.72. The van der Waals surface area contributed by atoms with E-state index >= 15 is 0 Å². The number of para-hydroxylation sites is 1. The maximum atomic E-state index is 13.0. The quantitative estimate of drug-likeness (QED) is 0.852. The van der Waals surface area contributed by atoms with E-state index in [4.69, 9.17) is 9.26 Å². The molecule has 1 aromatic carbocycles. The molecule has 1 aliphatic heterocycles. The maximum Gasteiger partial charge on any atom is 0.224 e. The number of ether oxygens (including phenoxy) is 1. The normalized spacial score (nSPS) is 22.0. The van der Waals surface area contributed by atoms with E-state index in [0.717, 1.165) is 37.9 Å². The number of aromatic nitrogens is 2. The summed E-state index contributed by atoms with van der Waals surface area (Å²) in [5, 5.41) is 10.6. The lowest BCUT2D eigenvalue weighted by atomic mass is 9.91. The lowest BCUT2D eigenvalue weighted by Gasteiger charge is -2.24. The van der Waals surface area contributed by atoms with Crippen molar-refractivity contribution in [1.82, 2.24) is 20.8 Å². The highest BCUT2D eigenvalue weighted by Crippen LogP contribution is 2.58. The van der Waals surface area contributed by atoms with E-state index < -0.39 is 6.04 Å². The number of hydrogen-bond acceptors (Lipinski definition) is 6. The molecule has 1 saturated carbocycles. The van der Waals surface area contributed by atoms with Crippen LogP contribution in [0.25, 0.3) is 0 Å². The van der Waals surface area contributed by atoms with E-state index in [0.29, 0.717) is 17.5 Å². The predicted octanol–water partition coefficient (Wildman–Crippen LogP) is 1.98. The number of carbonyl (C=O) groups is 1. The number of benzene rings is 1. The number of piperidine rings is 1. The van der Waals surface area contributed by atoms with Crippen molar-refractivity contribution in [2.24, 2.45) is 11.3 Å². The third kappa shape index (κ3) is 3.07. The van der Waals surface area contributed by atoms with E-state index in [2.05, 4.69) is 20.8 Å². The number of nitrogens with one attached hydrogen (secondary N) is 2. The average molecular weight is 356 g/mol. The van der Waals surface area contributed by atoms with Gasteiger partial charge in [0, 0.05) is 18.4 Å². The molecule has 1 saturated heterocycles. The Hall–Kier alpha value is -2.41. The SMILES string of the molecule is COc1ccccc1[C@H](NC(=O)[C@H]1CC12CCNCC2)c1noc(C)n1. The zero-order valence-corrected chi connectivity index (χ0v) is 15.1. The molecule has 4 rings (SSSR count). The predicted molar refractivity (Wildman–Crippen MR) is 94.7 cm³/mol. The van der Waals surface area contributed by atoms with E-state index in [1.165, 1.54) is 0 Å². The molecular weight excluding hydrogens is 332 g/mol. The molecule has 1 amide bonds. The molecule has 26 heavy (non-hydrogen) atoms. The van der Waals surface area contributed by atoms with Crippen LogP contribution >= 0.6 is 0 Å². The molecule has 2 fully saturated rings. The van der Waals surface area contributed by atoms with Gasteiger partial charge >= 0.3 is 0 Å². The van der Waals surface area contributed by atoms with Crippen molar-refractivity contribution in [3.05, 3.63) is 41.5 Å². The molecule has 2 aromatic rings. The van der Waals surface area contributed by atoms with Gasteiger partial charge in [-0.15, -0.1) is 0 Å². The number of amides is 1. The molecule has 1 aromatic heterocycles. The maximum absolute atomic E-state index is 13.0. The summed E-state index contributed by atoms with van der Waals surface area (Å²) in [6.45, 7) is 3.72. The average Bonchev–Trinajstić information content (AvgIpc) is 3.18. The lowest BCUT2D eigenvalue weighted by Crippen LogP contribution is -2.36. The fraction of sp³-hybridized carbons (Fsp3) is 0.526. The fourth-order valence-electron chi connectivity index (χ4n) is 4.06. The van der Waals surface area contributed by atoms with Crippen LogP contribution in [0.1, 0.15) is 42.6 Å². The van der Waals surface area contributed by atoms with Crippen molar-refractivity contribution in [2.75, 3.05) is 20.2 Å². The van der Waals surface area contributed by atoms with Crippen LogP contribution in [0.5, 0.6) is 5.75 Å². The molecule has 2 atom stereocenters. The Labute approximate surface area is 152 Å². The highest BCUT2D eigenvalue weighted by Gasteiger charge is 2.57. The monoisotopic (exact) mass is 356 g/mol. The van der Waals surface area contributed by atoms with Gasteiger partial charge < -0.3 is 19.9 Å². The summed E-state index contributed by atoms with van der Waals surface area (Å²) < 4.78 is 10.6. The van der Waals surface area contributed by atoms with Crippen LogP contribution in [0, 0.1) is 18.3 Å². The van der Waals surface area contributed by atoms with Crippen LogP contribution in [-0.4, -0.2) is 36.2 Å². The van der Waals surface area contributed by atoms with Gasteiger partial charge in [-0.25, -0.2) is 0 Å². The van der Waals surface area contributed by atoms with Crippen molar-refractivity contribution in [3.8, 4) is 5.75 Å². The number of rotatable bonds is 5. The lowest BCUT2D eigenvalue weighted by molar-refractivity contribution is -0.123. The summed E-state index contributed by atoms with van der Waals surface area (Å²) >= 11 is 0. The highest BCUT2D eigenvalue weighted by atomic mass is 16.5. The minimum atomic E-state index is -0.490. The first kappa shape index (κ1) is 17.0. The zero-order chi connectivity index (χ0) is 18.1. The second-order valence-corrected chi connectivity index (χ2v) is 7.22. The van der Waals surface area contributed by atoms with Gasteiger partial charge in [-0.05, 0) is 43.8 Å². The minimum absolute atomic E-state index is 0.0604. The molecule has 138 valence electrons. The summed E-state index contributed by atoms with van der Waals surface area (Å²) in [6.07, 6.45) is 3.09. The highest BCUT2D eigenvalue weighted by molar-refractivity contribution is 5.83. The molecule has 0 radical (unpaired) electrons. The zero-order valence-electron chi connectivity index (χ0n) is 15.1. The Bertz CT molecular complexity index is 798. The Balaban J connectivity index is 1.59. The van der Waals surface area contributed by atoms with Gasteiger partial charge in [0.2, 0.25) is 11.8 Å². The first-order valence-electron chi connectivity index (χ1n) is 9.07. The van der Waals surface area contributed by atoms with Crippen molar-refractivity contribution >= 4 is 5.91 Å². The first-order chi connectivity index (χ1) is 12.6. The summed E-state index contributed by atoms with van der Waals surface area (Å²) in [6, 6.07) is 7.11. The van der Waals surface area contributed by atoms with Gasteiger partial charge in [0.05, 0.1) is 7.11 Å². The molecule has 7 nitrogen and oxygen atoms in total. The fourth-order valence-corrected chi connectivity index (χ4v) is 4.06. The third-order valence-corrected chi connectivity index (χ3v) is 5.64. The molecule has 2 aliphatic rings. The molecule has 1 aliphatic carbocycles. The molecular formula is C19H24N4O3. The second-order valence-electron chi connectivity index (χ2n) is 7.22. The van der Waals surface area contributed by atoms with Crippen LogP contribution in [0.3, 0.4) is 0 Å². The molecule has 0 bridgehead atoms. The summed E-state index contributed by atoms with van der Waals surface area (Å²) in [5.74, 6) is 1.73. The minimum Gasteiger partial charge on any atom is -0.496 e. The first-order valence-corrected chi connectivity index (χ1v) is 9.07. The van der Waals surface area contributed by atoms with Gasteiger partial charge in [0.25, 0.3) is 0 Å². The van der Waals surface area contributed by atoms with Gasteiger partial charge in [-0.1, -0.05) is 23.4 Å². The summed E-state index contributed by atoms with van der Waals surface area (Å²) in [7, 11) is 1.62. The van der Waals surface area contributed by atoms with Gasteiger partial charge in [-0.2, -0.15) is 4.98 Å². The van der Waals surface area contributed by atoms with E-state index in [1.54, 1.807) is 14.0 Å². The molecule has 7 heteroatoms. The van der Waals surface area contributed by atoms with Gasteiger partial charge in [0.1, 0.15) is 11.8 Å². The van der Waals surface area contributed by atoms with Crippen LogP contribution in [0.4, 0.5) is 0 Å². The molecule has 2 N–H and O–H groups in total. The summed E-state index contributed by atoms with van der Waals surface area (Å²) in [5.41, 5.74) is 0.998. The number of hydrogen-bond donors (Lipinski definition) is 2. The number of nitrogens with zero attached hydrogens (tertiary/aromatic N) is 2. The Morgan fingerprint density at radius 2 is 2.15 bits per heavy atom. The Morgan fingerprint density at radius 1 is 1.38 bits per heavy atom. The standard InChI is InChI=1S/C19H24N4O3/c1-12-21-17(23-26-12)16(13-5-3-4-6-15(13)25-2)22-18(24)14-11-19(14)7-9-20-10-8-19/h3-6,14,16,20H,7-11H2,1-2H3,(H,22,24)/t14-,16+/m1/s1. The molecule has 2 heterocycles. The van der Waals surface area contributed by atoms with E-state index in [9.17, 15) is 4.79 Å². The number of carbonyl (C=O) groups excluding carboxylic acids is 1. The van der Waals surface area contributed by atoms with Crippen LogP contribution < -0.4 is 15.4 Å². The Kier molecular flexibility index (Phi) is 4.40. The number of methoxy groups -OCH3 is 1. The van der Waals surface area contributed by atoms with Crippen molar-refractivity contribution in [2.45, 2.75) is 32.2 Å². The largest absolute Gasteiger partial charge is 0.496 e. The van der Waals surface area contributed by atoms with Crippen molar-refractivity contribution < 1.29 is 14.1 Å². The molecule has 0 unspecified atom stereocenters. The van der Waals surface area contributed by atoms with Crippen LogP contribution in [0.2, 0.25) is 0 Å². The third-order valence-electron chi connectivity index (χ3n) is 5.64. The van der Waals surface area contributed by atoms with E-state index in [1.807, 2.05) is 24.3 Å².